The second-order valence-corrected chi connectivity index (χ2v) is 4.09. The van der Waals surface area contributed by atoms with Gasteiger partial charge in [0.05, 0.1) is 10.5 Å². The average Bonchev–Trinajstić information content (AvgIpc) is 2.41. The average molecular weight is 273 g/mol. The number of para-hydroxylation sites is 1. The lowest BCUT2D eigenvalue weighted by Gasteiger charge is -2.09. The van der Waals surface area contributed by atoms with E-state index in [4.69, 9.17) is 5.11 Å². The first-order valence-corrected chi connectivity index (χ1v) is 5.69. The molecule has 102 valence electrons. The zero-order chi connectivity index (χ0) is 14.7. The van der Waals surface area contributed by atoms with Crippen LogP contribution in [0.2, 0.25) is 0 Å². The Hall–Kier alpha value is -2.96. The summed E-state index contributed by atoms with van der Waals surface area (Å²) in [5.41, 5.74) is 0.956. The van der Waals surface area contributed by atoms with E-state index >= 15 is 0 Å². The monoisotopic (exact) mass is 273 g/mol. The van der Waals surface area contributed by atoms with Crippen molar-refractivity contribution in [3.05, 3.63) is 57.8 Å². The van der Waals surface area contributed by atoms with Crippen molar-refractivity contribution < 1.29 is 14.8 Å². The molecule has 0 spiro atoms. The molecule has 1 heterocycles. The summed E-state index contributed by atoms with van der Waals surface area (Å²) < 4.78 is 0. The molecular formula is C13H11N3O4. The second-order valence-electron chi connectivity index (χ2n) is 4.09. The quantitative estimate of drug-likeness (QED) is 0.655. The Balaban J connectivity index is 2.44. The van der Waals surface area contributed by atoms with Gasteiger partial charge in [0.1, 0.15) is 0 Å². The number of hydrogen-bond donors (Lipinski definition) is 2. The minimum absolute atomic E-state index is 0.00861. The van der Waals surface area contributed by atoms with Crippen LogP contribution < -0.4 is 5.32 Å². The van der Waals surface area contributed by atoms with Gasteiger partial charge >= 0.3 is 11.7 Å². The van der Waals surface area contributed by atoms with Crippen molar-refractivity contribution in [2.45, 2.75) is 6.92 Å². The summed E-state index contributed by atoms with van der Waals surface area (Å²) in [5.74, 6) is -1.25. The predicted molar refractivity (Wildman–Crippen MR) is 72.3 cm³/mol. The van der Waals surface area contributed by atoms with E-state index in [0.717, 1.165) is 17.8 Å². The van der Waals surface area contributed by atoms with Crippen LogP contribution in [0.15, 0.2) is 36.5 Å². The molecule has 0 unspecified atom stereocenters. The summed E-state index contributed by atoms with van der Waals surface area (Å²) in [5, 5.41) is 22.7. The lowest BCUT2D eigenvalue weighted by atomic mass is 10.2. The minimum atomic E-state index is -1.26. The maximum atomic E-state index is 11.0. The first-order valence-electron chi connectivity index (χ1n) is 5.69. The van der Waals surface area contributed by atoms with Gasteiger partial charge in [-0.25, -0.2) is 9.78 Å². The van der Waals surface area contributed by atoms with Gasteiger partial charge in [-0.2, -0.15) is 0 Å². The number of carboxylic acids is 1. The summed E-state index contributed by atoms with van der Waals surface area (Å²) >= 11 is 0. The molecule has 2 N–H and O–H groups in total. The summed E-state index contributed by atoms with van der Waals surface area (Å²) in [6.45, 7) is 1.85. The van der Waals surface area contributed by atoms with Crippen LogP contribution in [0.25, 0.3) is 0 Å². The lowest BCUT2D eigenvalue weighted by molar-refractivity contribution is -0.384. The third kappa shape index (κ3) is 2.72. The number of hydrogen-bond acceptors (Lipinski definition) is 5. The summed E-state index contributed by atoms with van der Waals surface area (Å²) in [4.78, 5) is 25.0. The third-order valence-corrected chi connectivity index (χ3v) is 2.71. The molecule has 20 heavy (non-hydrogen) atoms. The zero-order valence-corrected chi connectivity index (χ0v) is 10.5. The zero-order valence-electron chi connectivity index (χ0n) is 10.5. The predicted octanol–water partition coefficient (Wildman–Crippen LogP) is 2.74. The van der Waals surface area contributed by atoms with Gasteiger partial charge in [-0.05, 0) is 18.6 Å². The minimum Gasteiger partial charge on any atom is -0.478 e. The van der Waals surface area contributed by atoms with Crippen LogP contribution in [0.5, 0.6) is 0 Å². The molecule has 0 aliphatic rings. The van der Waals surface area contributed by atoms with Gasteiger partial charge in [0, 0.05) is 18.0 Å². The topological polar surface area (TPSA) is 105 Å². The van der Waals surface area contributed by atoms with Crippen molar-refractivity contribution in [1.82, 2.24) is 4.98 Å². The standard InChI is InChI=1S/C13H11N3O4/c1-8-4-2-3-5-10(8)15-12-11(16(19)20)6-9(7-14-12)13(17)18/h2-7H,1H3,(H,14,15)(H,17,18). The van der Waals surface area contributed by atoms with E-state index in [0.29, 0.717) is 5.69 Å². The van der Waals surface area contributed by atoms with Crippen LogP contribution in [-0.4, -0.2) is 21.0 Å². The van der Waals surface area contributed by atoms with Gasteiger partial charge in [0.15, 0.2) is 0 Å². The van der Waals surface area contributed by atoms with Crippen LogP contribution >= 0.6 is 0 Å². The molecule has 0 atom stereocenters. The number of carbonyl (C=O) groups is 1. The van der Waals surface area contributed by atoms with Crippen LogP contribution in [0, 0.1) is 17.0 Å². The highest BCUT2D eigenvalue weighted by Gasteiger charge is 2.19. The number of aromatic nitrogens is 1. The molecule has 0 fully saturated rings. The first-order chi connectivity index (χ1) is 9.49. The Morgan fingerprint density at radius 3 is 2.70 bits per heavy atom. The fourth-order valence-corrected chi connectivity index (χ4v) is 1.65. The van der Waals surface area contributed by atoms with Gasteiger partial charge < -0.3 is 10.4 Å². The van der Waals surface area contributed by atoms with Gasteiger partial charge in [-0.15, -0.1) is 0 Å². The molecule has 0 radical (unpaired) electrons. The molecule has 0 aliphatic heterocycles. The Morgan fingerprint density at radius 2 is 2.10 bits per heavy atom. The maximum Gasteiger partial charge on any atom is 0.337 e. The fraction of sp³-hybridized carbons (Fsp3) is 0.0769. The van der Waals surface area contributed by atoms with Gasteiger partial charge in [-0.1, -0.05) is 18.2 Å². The van der Waals surface area contributed by atoms with Crippen LogP contribution in [-0.2, 0) is 0 Å². The highest BCUT2D eigenvalue weighted by molar-refractivity contribution is 5.89. The van der Waals surface area contributed by atoms with E-state index in [1.54, 1.807) is 12.1 Å². The molecule has 0 bridgehead atoms. The van der Waals surface area contributed by atoms with Crippen molar-refractivity contribution in [3.63, 3.8) is 0 Å². The lowest BCUT2D eigenvalue weighted by Crippen LogP contribution is -2.04. The molecule has 0 saturated carbocycles. The van der Waals surface area contributed by atoms with Crippen molar-refractivity contribution in [3.8, 4) is 0 Å². The number of rotatable bonds is 4. The Morgan fingerprint density at radius 1 is 1.40 bits per heavy atom. The van der Waals surface area contributed by atoms with Gasteiger partial charge in [0.2, 0.25) is 5.82 Å². The van der Waals surface area contributed by atoms with Gasteiger partial charge in [0.25, 0.3) is 0 Å². The van der Waals surface area contributed by atoms with Crippen molar-refractivity contribution in [2.75, 3.05) is 5.32 Å². The number of anilines is 2. The first kappa shape index (κ1) is 13.5. The second kappa shape index (κ2) is 5.35. The number of carboxylic acid groups (broad SMARTS) is 1. The number of nitrogens with one attached hydrogen (secondary N) is 1. The Labute approximate surface area is 114 Å². The third-order valence-electron chi connectivity index (χ3n) is 2.71. The van der Waals surface area contributed by atoms with Gasteiger partial charge in [-0.3, -0.25) is 10.1 Å². The van der Waals surface area contributed by atoms with Crippen molar-refractivity contribution >= 4 is 23.2 Å². The molecule has 2 aromatic rings. The Kier molecular flexibility index (Phi) is 3.60. The van der Waals surface area contributed by atoms with Crippen LogP contribution in [0.4, 0.5) is 17.2 Å². The number of aromatic carboxylic acids is 1. The number of nitro groups is 1. The van der Waals surface area contributed by atoms with E-state index in [-0.39, 0.29) is 17.1 Å². The van der Waals surface area contributed by atoms with E-state index in [9.17, 15) is 14.9 Å². The molecule has 7 heteroatoms. The van der Waals surface area contributed by atoms with E-state index in [1.165, 1.54) is 0 Å². The molecule has 0 amide bonds. The maximum absolute atomic E-state index is 11.0. The van der Waals surface area contributed by atoms with E-state index in [1.807, 2.05) is 19.1 Å². The number of pyridine rings is 1. The number of nitrogens with zero attached hydrogens (tertiary/aromatic N) is 2. The van der Waals surface area contributed by atoms with Crippen LogP contribution in [0.3, 0.4) is 0 Å². The Bertz CT molecular complexity index is 685. The number of aryl methyl sites for hydroxylation is 1. The highest BCUT2D eigenvalue weighted by atomic mass is 16.6. The molecule has 0 aliphatic carbocycles. The smallest absolute Gasteiger partial charge is 0.337 e. The largest absolute Gasteiger partial charge is 0.478 e. The van der Waals surface area contributed by atoms with Crippen molar-refractivity contribution in [1.29, 1.82) is 0 Å². The summed E-state index contributed by atoms with van der Waals surface area (Å²) in [7, 11) is 0. The van der Waals surface area contributed by atoms with E-state index in [2.05, 4.69) is 10.3 Å². The van der Waals surface area contributed by atoms with E-state index < -0.39 is 10.9 Å². The highest BCUT2D eigenvalue weighted by Crippen LogP contribution is 2.27. The molecule has 2 rings (SSSR count). The normalized spacial score (nSPS) is 10.1. The molecule has 0 saturated heterocycles. The summed E-state index contributed by atoms with van der Waals surface area (Å²) in [6, 6.07) is 8.21. The van der Waals surface area contributed by atoms with Crippen LogP contribution in [0.1, 0.15) is 15.9 Å². The van der Waals surface area contributed by atoms with Crippen molar-refractivity contribution in [2.24, 2.45) is 0 Å². The summed E-state index contributed by atoms with van der Waals surface area (Å²) in [6.07, 6.45) is 1.08. The SMILES string of the molecule is Cc1ccccc1Nc1ncc(C(=O)O)cc1[N+](=O)[O-]. The number of benzene rings is 1. The molecule has 7 nitrogen and oxygen atoms in total. The fourth-order valence-electron chi connectivity index (χ4n) is 1.65. The molecule has 1 aromatic heterocycles. The molecular weight excluding hydrogens is 262 g/mol. The molecule has 1 aromatic carbocycles.